The standard InChI is InChI=1S/C23H31F2N5O3/c1-28-6-3-15(4-7-28)22(32)30-10-8-29(9-11-30)20-17(24)12-16(13-18(20)25)26-19-2-5-23(14-33-23)27-21(19)31/h12-13,15,19,26H,2-11,14H2,1H3,(H,27,31). The number of hydrogen-bond donors (Lipinski definition) is 2. The Balaban J connectivity index is 1.19. The molecule has 4 aliphatic heterocycles. The third kappa shape index (κ3) is 4.63. The Bertz CT molecular complexity index is 902. The van der Waals surface area contributed by atoms with Gasteiger partial charge >= 0.3 is 0 Å². The van der Waals surface area contributed by atoms with Crippen molar-refractivity contribution in [3.8, 4) is 0 Å². The zero-order valence-corrected chi connectivity index (χ0v) is 18.9. The minimum atomic E-state index is -0.675. The van der Waals surface area contributed by atoms with E-state index in [0.717, 1.165) is 25.9 Å². The van der Waals surface area contributed by atoms with Crippen molar-refractivity contribution in [2.45, 2.75) is 37.5 Å². The molecule has 4 heterocycles. The van der Waals surface area contributed by atoms with Gasteiger partial charge in [-0.2, -0.15) is 0 Å². The summed E-state index contributed by atoms with van der Waals surface area (Å²) in [7, 11) is 2.06. The molecule has 0 bridgehead atoms. The van der Waals surface area contributed by atoms with Crippen LogP contribution in [0.5, 0.6) is 0 Å². The number of amides is 2. The Morgan fingerprint density at radius 3 is 2.30 bits per heavy atom. The third-order valence-electron chi connectivity index (χ3n) is 7.33. The van der Waals surface area contributed by atoms with Crippen LogP contribution in [0.15, 0.2) is 12.1 Å². The zero-order valence-electron chi connectivity index (χ0n) is 18.9. The van der Waals surface area contributed by atoms with E-state index in [9.17, 15) is 18.4 Å². The van der Waals surface area contributed by atoms with Crippen LogP contribution in [0.2, 0.25) is 0 Å². The molecule has 10 heteroatoms. The SMILES string of the molecule is CN1CCC(C(=O)N2CCN(c3c(F)cc(NC4CCC5(CO5)NC4=O)cc3F)CC2)CC1. The molecule has 33 heavy (non-hydrogen) atoms. The fourth-order valence-electron chi connectivity index (χ4n) is 5.14. The van der Waals surface area contributed by atoms with Gasteiger partial charge in [-0.1, -0.05) is 0 Å². The van der Waals surface area contributed by atoms with Crippen molar-refractivity contribution in [3.05, 3.63) is 23.8 Å². The molecule has 180 valence electrons. The van der Waals surface area contributed by atoms with Gasteiger partial charge in [0.15, 0.2) is 17.4 Å². The molecule has 0 radical (unpaired) electrons. The lowest BCUT2D eigenvalue weighted by Crippen LogP contribution is -2.52. The van der Waals surface area contributed by atoms with Crippen LogP contribution < -0.4 is 15.5 Å². The van der Waals surface area contributed by atoms with Gasteiger partial charge in [0.1, 0.15) is 11.7 Å². The molecule has 8 nitrogen and oxygen atoms in total. The van der Waals surface area contributed by atoms with Gasteiger partial charge < -0.3 is 30.1 Å². The first kappa shape index (κ1) is 22.3. The number of piperidine rings is 2. The van der Waals surface area contributed by atoms with E-state index in [4.69, 9.17) is 4.74 Å². The van der Waals surface area contributed by atoms with Gasteiger partial charge in [0.25, 0.3) is 0 Å². The minimum absolute atomic E-state index is 0.0462. The quantitative estimate of drug-likeness (QED) is 0.657. The summed E-state index contributed by atoms with van der Waals surface area (Å²) in [4.78, 5) is 30.8. The average molecular weight is 464 g/mol. The van der Waals surface area contributed by atoms with Crippen molar-refractivity contribution in [1.82, 2.24) is 15.1 Å². The third-order valence-corrected chi connectivity index (χ3v) is 7.33. The number of epoxide rings is 1. The van der Waals surface area contributed by atoms with Crippen LogP contribution in [0.1, 0.15) is 25.7 Å². The maximum absolute atomic E-state index is 14.9. The zero-order chi connectivity index (χ0) is 23.2. The highest BCUT2D eigenvalue weighted by Gasteiger charge is 2.50. The molecule has 1 spiro atoms. The highest BCUT2D eigenvalue weighted by Crippen LogP contribution is 2.34. The van der Waals surface area contributed by atoms with Crippen molar-refractivity contribution in [2.75, 3.05) is 63.1 Å². The lowest BCUT2D eigenvalue weighted by molar-refractivity contribution is -0.137. The van der Waals surface area contributed by atoms with E-state index in [1.165, 1.54) is 12.1 Å². The van der Waals surface area contributed by atoms with Gasteiger partial charge in [-0.25, -0.2) is 8.78 Å². The number of rotatable bonds is 4. The molecule has 4 aliphatic rings. The van der Waals surface area contributed by atoms with Crippen molar-refractivity contribution < 1.29 is 23.1 Å². The number of nitrogens with one attached hydrogen (secondary N) is 2. The first-order chi connectivity index (χ1) is 15.8. The minimum Gasteiger partial charge on any atom is -0.374 e. The highest BCUT2D eigenvalue weighted by molar-refractivity contribution is 5.86. The summed E-state index contributed by atoms with van der Waals surface area (Å²) < 4.78 is 35.1. The molecule has 2 unspecified atom stereocenters. The van der Waals surface area contributed by atoms with E-state index in [1.807, 2.05) is 4.90 Å². The molecule has 2 amide bonds. The molecule has 0 aromatic heterocycles. The first-order valence-electron chi connectivity index (χ1n) is 11.8. The van der Waals surface area contributed by atoms with E-state index >= 15 is 0 Å². The molecule has 0 aliphatic carbocycles. The van der Waals surface area contributed by atoms with E-state index in [1.54, 1.807) is 4.90 Å². The summed E-state index contributed by atoms with van der Waals surface area (Å²) in [5.41, 5.74) is -0.366. The number of carbonyl (C=O) groups is 2. The number of likely N-dealkylation sites (tertiary alicyclic amines) is 1. The number of anilines is 2. The second-order valence-electron chi connectivity index (χ2n) is 9.69. The molecule has 2 N–H and O–H groups in total. The maximum Gasteiger partial charge on any atom is 0.244 e. The Labute approximate surface area is 192 Å². The Morgan fingerprint density at radius 2 is 1.73 bits per heavy atom. The van der Waals surface area contributed by atoms with Crippen LogP contribution in [0.25, 0.3) is 0 Å². The highest BCUT2D eigenvalue weighted by atomic mass is 19.1. The van der Waals surface area contributed by atoms with Crippen molar-refractivity contribution in [3.63, 3.8) is 0 Å². The topological polar surface area (TPSA) is 80.5 Å². The van der Waals surface area contributed by atoms with E-state index in [-0.39, 0.29) is 29.1 Å². The van der Waals surface area contributed by atoms with Crippen molar-refractivity contribution in [2.24, 2.45) is 5.92 Å². The van der Waals surface area contributed by atoms with E-state index in [2.05, 4.69) is 22.6 Å². The Hall–Kier alpha value is -2.46. The second kappa shape index (κ2) is 8.72. The number of nitrogens with zero attached hydrogens (tertiary/aromatic N) is 3. The molecule has 4 fully saturated rings. The number of piperazine rings is 1. The fraction of sp³-hybridized carbons (Fsp3) is 0.652. The molecular weight excluding hydrogens is 432 g/mol. The number of ether oxygens (including phenoxy) is 1. The van der Waals surface area contributed by atoms with Gasteiger partial charge in [0, 0.05) is 37.8 Å². The Kier molecular flexibility index (Phi) is 5.90. The maximum atomic E-state index is 14.9. The second-order valence-corrected chi connectivity index (χ2v) is 9.69. The van der Waals surface area contributed by atoms with Gasteiger partial charge in [-0.3, -0.25) is 9.59 Å². The van der Waals surface area contributed by atoms with Gasteiger partial charge in [-0.05, 0) is 58.0 Å². The Morgan fingerprint density at radius 1 is 1.09 bits per heavy atom. The smallest absolute Gasteiger partial charge is 0.244 e. The normalized spacial score (nSPS) is 28.7. The van der Waals surface area contributed by atoms with Crippen LogP contribution in [0.3, 0.4) is 0 Å². The largest absolute Gasteiger partial charge is 0.374 e. The number of hydrogen-bond acceptors (Lipinski definition) is 6. The van der Waals surface area contributed by atoms with Crippen LogP contribution in [0, 0.1) is 17.6 Å². The average Bonchev–Trinajstić information content (AvgIpc) is 3.54. The predicted octanol–water partition coefficient (Wildman–Crippen LogP) is 1.37. The summed E-state index contributed by atoms with van der Waals surface area (Å²) in [5, 5.41) is 5.76. The van der Waals surface area contributed by atoms with Gasteiger partial charge in [0.05, 0.1) is 6.61 Å². The lowest BCUT2D eigenvalue weighted by atomic mass is 9.95. The van der Waals surface area contributed by atoms with Crippen molar-refractivity contribution >= 4 is 23.2 Å². The van der Waals surface area contributed by atoms with Crippen LogP contribution >= 0.6 is 0 Å². The molecule has 2 atom stereocenters. The van der Waals surface area contributed by atoms with E-state index < -0.39 is 23.4 Å². The lowest BCUT2D eigenvalue weighted by Gasteiger charge is -2.39. The van der Waals surface area contributed by atoms with Gasteiger partial charge in [-0.15, -0.1) is 0 Å². The van der Waals surface area contributed by atoms with Crippen LogP contribution in [-0.4, -0.2) is 86.3 Å². The van der Waals surface area contributed by atoms with Crippen molar-refractivity contribution in [1.29, 1.82) is 0 Å². The number of benzene rings is 1. The van der Waals surface area contributed by atoms with Crippen LogP contribution in [-0.2, 0) is 14.3 Å². The molecule has 1 aromatic carbocycles. The first-order valence-corrected chi connectivity index (χ1v) is 11.8. The molecule has 1 aromatic rings. The molecular formula is C23H31F2N5O3. The summed E-state index contributed by atoms with van der Waals surface area (Å²) >= 11 is 0. The van der Waals surface area contributed by atoms with Crippen LogP contribution in [0.4, 0.5) is 20.2 Å². The fourth-order valence-corrected chi connectivity index (χ4v) is 5.14. The monoisotopic (exact) mass is 463 g/mol. The molecule has 5 rings (SSSR count). The predicted molar refractivity (Wildman–Crippen MR) is 119 cm³/mol. The number of halogens is 2. The summed E-state index contributed by atoms with van der Waals surface area (Å²) in [6.07, 6.45) is 2.92. The number of carbonyl (C=O) groups excluding carboxylic acids is 2. The molecule has 0 saturated carbocycles. The summed E-state index contributed by atoms with van der Waals surface area (Å²) in [6, 6.07) is 1.91. The van der Waals surface area contributed by atoms with E-state index in [0.29, 0.717) is 45.6 Å². The summed E-state index contributed by atoms with van der Waals surface area (Å²) in [5.74, 6) is -1.37. The molecule has 4 saturated heterocycles. The summed E-state index contributed by atoms with van der Waals surface area (Å²) in [6.45, 7) is 4.03. The van der Waals surface area contributed by atoms with Gasteiger partial charge in [0.2, 0.25) is 11.8 Å².